The minimum absolute atomic E-state index is 0.0652. The number of rotatable bonds is 6. The molecular weight excluding hydrogens is 395 g/mol. The predicted molar refractivity (Wildman–Crippen MR) is 118 cm³/mol. The molecule has 31 heavy (non-hydrogen) atoms. The number of aromatic nitrogens is 2. The van der Waals surface area contributed by atoms with Crippen LogP contribution in [0, 0.1) is 19.7 Å². The molecule has 1 aromatic carbocycles. The van der Waals surface area contributed by atoms with Crippen molar-refractivity contribution >= 4 is 11.5 Å². The molecule has 1 fully saturated rings. The number of carbonyl (C=O) groups excluding carboxylic acids is 1. The Balaban J connectivity index is 1.49. The molecule has 7 heteroatoms. The van der Waals surface area contributed by atoms with Crippen LogP contribution >= 0.6 is 0 Å². The quantitative estimate of drug-likeness (QED) is 0.572. The lowest BCUT2D eigenvalue weighted by Crippen LogP contribution is -2.46. The van der Waals surface area contributed by atoms with E-state index >= 15 is 0 Å². The first-order valence-corrected chi connectivity index (χ1v) is 10.8. The van der Waals surface area contributed by atoms with Crippen molar-refractivity contribution in [1.82, 2.24) is 20.6 Å². The summed E-state index contributed by atoms with van der Waals surface area (Å²) in [6.07, 6.45) is 7.28. The third-order valence-corrected chi connectivity index (χ3v) is 6.19. The number of amides is 1. The molecule has 2 aliphatic rings. The van der Waals surface area contributed by atoms with Crippen LogP contribution in [-0.2, 0) is 11.4 Å². The van der Waals surface area contributed by atoms with Gasteiger partial charge in [0.1, 0.15) is 17.7 Å². The number of aliphatic hydroxyl groups is 1. The van der Waals surface area contributed by atoms with Crippen LogP contribution in [-0.4, -0.2) is 33.6 Å². The summed E-state index contributed by atoms with van der Waals surface area (Å²) in [6.45, 7) is 4.35. The zero-order valence-electron chi connectivity index (χ0n) is 18.0. The third kappa shape index (κ3) is 4.62. The number of benzene rings is 1. The Hall–Kier alpha value is -2.77. The van der Waals surface area contributed by atoms with Crippen LogP contribution in [0.3, 0.4) is 0 Å². The van der Waals surface area contributed by atoms with Gasteiger partial charge in [-0.3, -0.25) is 4.79 Å². The van der Waals surface area contributed by atoms with Gasteiger partial charge in [-0.15, -0.1) is 0 Å². The summed E-state index contributed by atoms with van der Waals surface area (Å²) < 4.78 is 14.0. The zero-order valence-corrected chi connectivity index (χ0v) is 18.0. The summed E-state index contributed by atoms with van der Waals surface area (Å²) in [7, 11) is 0. The molecule has 1 aliphatic heterocycles. The molecule has 164 valence electrons. The minimum Gasteiger partial charge on any atom is -0.390 e. The van der Waals surface area contributed by atoms with Gasteiger partial charge in [0, 0.05) is 23.7 Å². The molecule has 2 aromatic rings. The van der Waals surface area contributed by atoms with E-state index in [1.165, 1.54) is 6.07 Å². The number of imidazole rings is 1. The number of H-pyrrole nitrogens is 1. The fourth-order valence-corrected chi connectivity index (χ4v) is 4.25. The first kappa shape index (κ1) is 21.5. The van der Waals surface area contributed by atoms with Crippen LogP contribution < -0.4 is 10.6 Å². The Kier molecular flexibility index (Phi) is 6.34. The van der Waals surface area contributed by atoms with Gasteiger partial charge in [0.05, 0.1) is 12.3 Å². The van der Waals surface area contributed by atoms with Gasteiger partial charge in [-0.25, -0.2) is 9.37 Å². The molecular formula is C24H29FN4O2. The van der Waals surface area contributed by atoms with E-state index in [-0.39, 0.29) is 30.4 Å². The van der Waals surface area contributed by atoms with Gasteiger partial charge >= 0.3 is 0 Å². The fraction of sp³-hybridized carbons (Fsp3) is 0.417. The number of hydrogen-bond donors (Lipinski definition) is 4. The molecule has 0 bridgehead atoms. The highest BCUT2D eigenvalue weighted by atomic mass is 19.1. The highest BCUT2D eigenvalue weighted by Crippen LogP contribution is 2.30. The molecule has 0 radical (unpaired) electrons. The Labute approximate surface area is 181 Å². The van der Waals surface area contributed by atoms with Crippen molar-refractivity contribution in [2.24, 2.45) is 0 Å². The Bertz CT molecular complexity index is 1030. The first-order valence-electron chi connectivity index (χ1n) is 10.8. The molecule has 4 N–H and O–H groups in total. The standard InChI is InChI=1S/C24H29FN4O2/c1-14-6-7-17(12-19(14)25)16-8-9-18(11-16)24(31)29-22(20-5-3-4-10-26-20)23-27-15(2)21(13-30)28-23/h6-9,12,20,22,26,30H,3-5,10-11,13H2,1-2H3,(H,27,28)(H,29,31). The number of halogens is 1. The average Bonchev–Trinajstić information content (AvgIpc) is 3.41. The molecule has 6 nitrogen and oxygen atoms in total. The highest BCUT2D eigenvalue weighted by molar-refractivity contribution is 5.98. The maximum Gasteiger partial charge on any atom is 0.248 e. The van der Waals surface area contributed by atoms with E-state index < -0.39 is 0 Å². The number of allylic oxidation sites excluding steroid dienone is 3. The van der Waals surface area contributed by atoms with Crippen molar-refractivity contribution in [2.45, 2.75) is 58.2 Å². The summed E-state index contributed by atoms with van der Waals surface area (Å²) in [6, 6.07) is 4.90. The molecule has 4 rings (SSSR count). The highest BCUT2D eigenvalue weighted by Gasteiger charge is 2.30. The first-order chi connectivity index (χ1) is 15.0. The fourth-order valence-electron chi connectivity index (χ4n) is 4.25. The van der Waals surface area contributed by atoms with Gasteiger partial charge in [-0.2, -0.15) is 0 Å². The van der Waals surface area contributed by atoms with Crippen LogP contribution in [0.25, 0.3) is 5.57 Å². The number of piperidine rings is 1. The van der Waals surface area contributed by atoms with Gasteiger partial charge in [0.2, 0.25) is 5.91 Å². The number of aryl methyl sites for hydroxylation is 2. The maximum atomic E-state index is 14.0. The topological polar surface area (TPSA) is 90.0 Å². The molecule has 1 saturated heterocycles. The van der Waals surface area contributed by atoms with E-state index in [4.69, 9.17) is 0 Å². The van der Waals surface area contributed by atoms with Crippen molar-refractivity contribution in [3.8, 4) is 0 Å². The summed E-state index contributed by atoms with van der Waals surface area (Å²) in [5.74, 6) is 0.255. The molecule has 1 aliphatic carbocycles. The second-order valence-corrected chi connectivity index (χ2v) is 8.38. The number of aromatic amines is 1. The van der Waals surface area contributed by atoms with E-state index in [2.05, 4.69) is 20.6 Å². The molecule has 0 spiro atoms. The molecule has 1 aromatic heterocycles. The molecule has 2 atom stereocenters. The molecule has 0 saturated carbocycles. The predicted octanol–water partition coefficient (Wildman–Crippen LogP) is 3.37. The third-order valence-electron chi connectivity index (χ3n) is 6.19. The largest absolute Gasteiger partial charge is 0.390 e. The number of hydrogen-bond acceptors (Lipinski definition) is 4. The van der Waals surface area contributed by atoms with Gasteiger partial charge in [-0.1, -0.05) is 30.7 Å². The SMILES string of the molecule is Cc1ccc(C2=CC=C(C(=O)NC(c3nc(CO)c(C)[nH]3)C3CCCCN3)C2)cc1F. The summed E-state index contributed by atoms with van der Waals surface area (Å²) >= 11 is 0. The van der Waals surface area contributed by atoms with E-state index in [0.717, 1.165) is 42.6 Å². The van der Waals surface area contributed by atoms with Crippen LogP contribution in [0.1, 0.15) is 60.1 Å². The maximum absolute atomic E-state index is 14.0. The van der Waals surface area contributed by atoms with Gasteiger partial charge in [0.25, 0.3) is 0 Å². The van der Waals surface area contributed by atoms with E-state index in [9.17, 15) is 14.3 Å². The van der Waals surface area contributed by atoms with E-state index in [1.54, 1.807) is 19.1 Å². The van der Waals surface area contributed by atoms with E-state index in [0.29, 0.717) is 29.1 Å². The molecule has 2 unspecified atom stereocenters. The second-order valence-electron chi connectivity index (χ2n) is 8.38. The Morgan fingerprint density at radius 2 is 2.16 bits per heavy atom. The zero-order chi connectivity index (χ0) is 22.0. The van der Waals surface area contributed by atoms with Crippen LogP contribution in [0.15, 0.2) is 35.9 Å². The van der Waals surface area contributed by atoms with Gasteiger partial charge < -0.3 is 20.7 Å². The lowest BCUT2D eigenvalue weighted by atomic mass is 9.96. The molecule has 2 heterocycles. The van der Waals surface area contributed by atoms with Crippen LogP contribution in [0.4, 0.5) is 4.39 Å². The van der Waals surface area contributed by atoms with Crippen molar-refractivity contribution in [3.63, 3.8) is 0 Å². The summed E-state index contributed by atoms with van der Waals surface area (Å²) in [5, 5.41) is 16.2. The average molecular weight is 425 g/mol. The molecule has 1 amide bonds. The van der Waals surface area contributed by atoms with Crippen LogP contribution in [0.2, 0.25) is 0 Å². The number of nitrogens with zero attached hydrogens (tertiary/aromatic N) is 1. The normalized spacial score (nSPS) is 19.7. The van der Waals surface area contributed by atoms with Gasteiger partial charge in [0.15, 0.2) is 0 Å². The van der Waals surface area contributed by atoms with Gasteiger partial charge in [-0.05, 0) is 56.0 Å². The van der Waals surface area contributed by atoms with Crippen molar-refractivity contribution in [2.75, 3.05) is 6.54 Å². The van der Waals surface area contributed by atoms with Crippen molar-refractivity contribution < 1.29 is 14.3 Å². The lowest BCUT2D eigenvalue weighted by Gasteiger charge is -2.31. The second kappa shape index (κ2) is 9.16. The smallest absolute Gasteiger partial charge is 0.248 e. The number of nitrogens with one attached hydrogen (secondary N) is 3. The lowest BCUT2D eigenvalue weighted by molar-refractivity contribution is -0.118. The Morgan fingerprint density at radius 1 is 1.32 bits per heavy atom. The van der Waals surface area contributed by atoms with Crippen LogP contribution in [0.5, 0.6) is 0 Å². The number of carbonyl (C=O) groups is 1. The minimum atomic E-state index is -0.325. The van der Waals surface area contributed by atoms with Crippen molar-refractivity contribution in [1.29, 1.82) is 0 Å². The number of aliphatic hydroxyl groups excluding tert-OH is 1. The van der Waals surface area contributed by atoms with Crippen molar-refractivity contribution in [3.05, 3.63) is 70.1 Å². The summed E-state index contributed by atoms with van der Waals surface area (Å²) in [4.78, 5) is 20.9. The summed E-state index contributed by atoms with van der Waals surface area (Å²) in [5.41, 5.74) is 4.36. The Morgan fingerprint density at radius 3 is 2.84 bits per heavy atom. The van der Waals surface area contributed by atoms with E-state index in [1.807, 2.05) is 19.1 Å². The monoisotopic (exact) mass is 424 g/mol.